The Balaban J connectivity index is 1.39. The normalized spacial score (nSPS) is 19.3. The number of amides is 1. The molecule has 10 heteroatoms. The molecule has 7 nitrogen and oxygen atoms in total. The van der Waals surface area contributed by atoms with Gasteiger partial charge >= 0.3 is 0 Å². The predicted molar refractivity (Wildman–Crippen MR) is 126 cm³/mol. The number of benzene rings is 1. The molecule has 1 aliphatic carbocycles. The summed E-state index contributed by atoms with van der Waals surface area (Å²) in [5, 5.41) is 7.86. The molecular formula is C25H23F3N6O. The van der Waals surface area contributed by atoms with Crippen LogP contribution in [-0.2, 0) is 11.3 Å². The van der Waals surface area contributed by atoms with Crippen LogP contribution in [0.3, 0.4) is 0 Å². The van der Waals surface area contributed by atoms with Crippen molar-refractivity contribution < 1.29 is 18.0 Å². The number of nitrogen functional groups attached to an aromatic ring is 1. The number of carbonyl (C=O) groups excluding carboxylic acids is 1. The summed E-state index contributed by atoms with van der Waals surface area (Å²) in [6, 6.07) is 5.11. The number of nitrogens with two attached hydrogens (primary N) is 1. The van der Waals surface area contributed by atoms with Gasteiger partial charge in [0.2, 0.25) is 5.91 Å². The van der Waals surface area contributed by atoms with Gasteiger partial charge in [-0.25, -0.2) is 18.2 Å². The van der Waals surface area contributed by atoms with Gasteiger partial charge in [-0.3, -0.25) is 14.5 Å². The zero-order valence-corrected chi connectivity index (χ0v) is 19.0. The Labute approximate surface area is 199 Å². The fourth-order valence-electron chi connectivity index (χ4n) is 4.69. The minimum Gasteiger partial charge on any atom is -0.396 e. The number of hydrogen-bond donors (Lipinski definition) is 2. The van der Waals surface area contributed by atoms with Crippen LogP contribution in [0.25, 0.3) is 21.9 Å². The lowest BCUT2D eigenvalue weighted by atomic mass is 9.98. The van der Waals surface area contributed by atoms with E-state index < -0.39 is 18.8 Å². The van der Waals surface area contributed by atoms with Gasteiger partial charge in [0.1, 0.15) is 12.4 Å². The molecule has 0 radical (unpaired) electrons. The maximum absolute atomic E-state index is 15.0. The second-order valence-corrected chi connectivity index (χ2v) is 8.92. The average molecular weight is 480 g/mol. The van der Waals surface area contributed by atoms with Gasteiger partial charge in [-0.1, -0.05) is 6.92 Å². The molecule has 4 aromatic rings. The first kappa shape index (κ1) is 22.8. The summed E-state index contributed by atoms with van der Waals surface area (Å²) in [5.74, 6) is -0.864. The molecule has 3 unspecified atom stereocenters. The van der Waals surface area contributed by atoms with Crippen LogP contribution in [-0.4, -0.2) is 32.1 Å². The second-order valence-electron chi connectivity index (χ2n) is 8.92. The number of hydrogen-bond acceptors (Lipinski definition) is 5. The minimum absolute atomic E-state index is 0.0252. The summed E-state index contributed by atoms with van der Waals surface area (Å²) in [7, 11) is 0. The first-order valence-electron chi connectivity index (χ1n) is 11.1. The number of halogens is 3. The number of aromatic nitrogens is 4. The summed E-state index contributed by atoms with van der Waals surface area (Å²) in [5.41, 5.74) is 8.60. The van der Waals surface area contributed by atoms with E-state index in [4.69, 9.17) is 5.73 Å². The molecule has 3 aromatic heterocycles. The Hall–Kier alpha value is -3.95. The summed E-state index contributed by atoms with van der Waals surface area (Å²) >= 11 is 0. The van der Waals surface area contributed by atoms with Crippen LogP contribution in [0.1, 0.15) is 24.0 Å². The molecule has 1 aromatic carbocycles. The van der Waals surface area contributed by atoms with E-state index in [-0.39, 0.29) is 29.3 Å². The van der Waals surface area contributed by atoms with Crippen LogP contribution in [0.4, 0.5) is 24.7 Å². The number of aryl methyl sites for hydroxylation is 1. The number of alkyl halides is 2. The van der Waals surface area contributed by atoms with Crippen LogP contribution in [0, 0.1) is 24.6 Å². The first-order valence-corrected chi connectivity index (χ1v) is 11.1. The number of rotatable bonds is 6. The van der Waals surface area contributed by atoms with Crippen molar-refractivity contribution in [2.75, 3.05) is 11.1 Å². The largest absolute Gasteiger partial charge is 0.396 e. The molecule has 0 bridgehead atoms. The maximum atomic E-state index is 15.0. The summed E-state index contributed by atoms with van der Waals surface area (Å²) in [6.45, 7) is 3.31. The number of fused-ring (bicyclic) bond motifs is 1. The molecule has 3 heterocycles. The second kappa shape index (κ2) is 8.68. The van der Waals surface area contributed by atoms with Gasteiger partial charge < -0.3 is 11.1 Å². The van der Waals surface area contributed by atoms with Gasteiger partial charge in [-0.05, 0) is 47.6 Å². The monoisotopic (exact) mass is 480 g/mol. The van der Waals surface area contributed by atoms with Crippen molar-refractivity contribution in [3.8, 4) is 11.1 Å². The van der Waals surface area contributed by atoms with Gasteiger partial charge in [0.15, 0.2) is 5.82 Å². The maximum Gasteiger partial charge on any atom is 0.257 e. The van der Waals surface area contributed by atoms with Gasteiger partial charge in [0.25, 0.3) is 6.43 Å². The molecule has 1 saturated carbocycles. The van der Waals surface area contributed by atoms with Crippen LogP contribution in [0.5, 0.6) is 0 Å². The Morgan fingerprint density at radius 3 is 2.77 bits per heavy atom. The molecular weight excluding hydrogens is 457 g/mol. The van der Waals surface area contributed by atoms with Crippen molar-refractivity contribution in [2.45, 2.75) is 32.7 Å². The van der Waals surface area contributed by atoms with E-state index in [0.29, 0.717) is 27.7 Å². The molecule has 1 aliphatic rings. The molecule has 0 aliphatic heterocycles. The lowest BCUT2D eigenvalue weighted by molar-refractivity contribution is -0.117. The molecule has 0 saturated heterocycles. The van der Waals surface area contributed by atoms with Crippen molar-refractivity contribution >= 4 is 28.2 Å². The predicted octanol–water partition coefficient (Wildman–Crippen LogP) is 4.78. The third-order valence-corrected chi connectivity index (χ3v) is 6.62. The average Bonchev–Trinajstić information content (AvgIpc) is 3.28. The van der Waals surface area contributed by atoms with Crippen molar-refractivity contribution in [1.29, 1.82) is 0 Å². The Bertz CT molecular complexity index is 1440. The lowest BCUT2D eigenvalue weighted by Gasteiger charge is -2.12. The van der Waals surface area contributed by atoms with E-state index in [9.17, 15) is 13.6 Å². The Morgan fingerprint density at radius 2 is 2.03 bits per heavy atom. The lowest BCUT2D eigenvalue weighted by Crippen LogP contribution is -2.16. The minimum atomic E-state index is -2.50. The molecule has 5 rings (SSSR count). The number of nitrogens with zero attached hydrogens (tertiary/aromatic N) is 4. The molecule has 3 N–H and O–H groups in total. The zero-order chi connectivity index (χ0) is 24.9. The third kappa shape index (κ3) is 4.20. The molecule has 1 fully saturated rings. The highest BCUT2D eigenvalue weighted by atomic mass is 19.3. The van der Waals surface area contributed by atoms with Gasteiger partial charge in [0, 0.05) is 53.1 Å². The molecule has 0 spiro atoms. The summed E-state index contributed by atoms with van der Waals surface area (Å²) in [6.07, 6.45) is 5.25. The van der Waals surface area contributed by atoms with Crippen molar-refractivity contribution in [2.24, 2.45) is 11.8 Å². The Morgan fingerprint density at radius 1 is 1.23 bits per heavy atom. The van der Waals surface area contributed by atoms with Crippen LogP contribution >= 0.6 is 0 Å². The fourth-order valence-corrected chi connectivity index (χ4v) is 4.69. The highest BCUT2D eigenvalue weighted by Gasteiger charge is 2.53. The van der Waals surface area contributed by atoms with E-state index in [1.807, 2.05) is 13.8 Å². The van der Waals surface area contributed by atoms with Gasteiger partial charge in [-0.15, -0.1) is 0 Å². The van der Waals surface area contributed by atoms with Gasteiger partial charge in [0.05, 0.1) is 11.9 Å². The third-order valence-electron chi connectivity index (χ3n) is 6.62. The number of pyridine rings is 2. The number of carbonyl (C=O) groups is 1. The van der Waals surface area contributed by atoms with Crippen LogP contribution in [0.2, 0.25) is 0 Å². The van der Waals surface area contributed by atoms with E-state index in [1.165, 1.54) is 17.1 Å². The van der Waals surface area contributed by atoms with E-state index in [1.54, 1.807) is 36.8 Å². The van der Waals surface area contributed by atoms with E-state index in [0.717, 1.165) is 11.1 Å². The topological polar surface area (TPSA) is 98.7 Å². The van der Waals surface area contributed by atoms with E-state index >= 15 is 4.39 Å². The fraction of sp³-hybridized carbons (Fsp3) is 0.280. The highest BCUT2D eigenvalue weighted by molar-refractivity contribution is 6.00. The smallest absolute Gasteiger partial charge is 0.257 e. The zero-order valence-electron chi connectivity index (χ0n) is 19.0. The van der Waals surface area contributed by atoms with E-state index in [2.05, 4.69) is 20.4 Å². The number of nitrogens with one attached hydrogen (secondary N) is 1. The first-order chi connectivity index (χ1) is 16.7. The standard InChI is InChI=1S/C25H23F3N6O/c1-12-3-4-30-8-17(12)16-5-14-6-20(31-9-18(14)24(29)23(16)28)33-25(35)22-13(2)21(22)15-7-32-34(10-15)11-19(26)27/h3-10,13,19,21-22H,11,29H2,1-2H3,(H,31,33,35). The quantitative estimate of drug-likeness (QED) is 0.387. The van der Waals surface area contributed by atoms with Crippen molar-refractivity contribution in [3.63, 3.8) is 0 Å². The number of anilines is 2. The molecule has 35 heavy (non-hydrogen) atoms. The van der Waals surface area contributed by atoms with Crippen molar-refractivity contribution in [3.05, 3.63) is 66.1 Å². The highest BCUT2D eigenvalue weighted by Crippen LogP contribution is 2.54. The van der Waals surface area contributed by atoms with Crippen molar-refractivity contribution in [1.82, 2.24) is 19.7 Å². The summed E-state index contributed by atoms with van der Waals surface area (Å²) in [4.78, 5) is 21.3. The molecule has 180 valence electrons. The summed E-state index contributed by atoms with van der Waals surface area (Å²) < 4.78 is 41.4. The van der Waals surface area contributed by atoms with Crippen LogP contribution in [0.15, 0.2) is 49.2 Å². The SMILES string of the molecule is Cc1ccncc1-c1cc2cc(NC(=O)C3C(C)C3c3cnn(CC(F)F)c3)ncc2c(N)c1F. The van der Waals surface area contributed by atoms with Crippen LogP contribution < -0.4 is 11.1 Å². The molecule has 3 atom stereocenters. The molecule has 1 amide bonds. The van der Waals surface area contributed by atoms with Gasteiger partial charge in [-0.2, -0.15) is 5.10 Å². The Kier molecular flexibility index (Phi) is 5.66.